The molecule has 1 amide bonds. The molecule has 2 unspecified atom stereocenters. The number of halogens is 3. The lowest BCUT2D eigenvalue weighted by atomic mass is 9.73. The molecule has 7 rings (SSSR count). The van der Waals surface area contributed by atoms with Gasteiger partial charge in [0, 0.05) is 29.1 Å². The van der Waals surface area contributed by atoms with Gasteiger partial charge in [0.2, 0.25) is 5.91 Å². The zero-order chi connectivity index (χ0) is 33.0. The highest BCUT2D eigenvalue weighted by Crippen LogP contribution is 2.62. The largest absolute Gasteiger partial charge is 0.487 e. The first kappa shape index (κ1) is 31.9. The second kappa shape index (κ2) is 12.1. The highest BCUT2D eigenvalue weighted by atomic mass is 31.0. The molecule has 3 fully saturated rings. The van der Waals surface area contributed by atoms with Gasteiger partial charge in [0.15, 0.2) is 5.82 Å². The molecular formula is C36H38BF3N3O3P. The third kappa shape index (κ3) is 6.33. The van der Waals surface area contributed by atoms with Crippen LogP contribution in [0.1, 0.15) is 57.7 Å². The second-order valence-electron chi connectivity index (χ2n) is 14.0. The van der Waals surface area contributed by atoms with Crippen molar-refractivity contribution in [3.63, 3.8) is 0 Å². The zero-order valence-corrected chi connectivity index (χ0v) is 27.7. The van der Waals surface area contributed by atoms with Crippen molar-refractivity contribution in [3.8, 4) is 28.3 Å². The van der Waals surface area contributed by atoms with Gasteiger partial charge in [-0.2, -0.15) is 18.2 Å². The Hall–Kier alpha value is -3.65. The molecule has 3 aromatic carbocycles. The van der Waals surface area contributed by atoms with Gasteiger partial charge in [0.25, 0.3) is 5.89 Å². The Morgan fingerprint density at radius 3 is 2.36 bits per heavy atom. The molecule has 3 saturated carbocycles. The van der Waals surface area contributed by atoms with Crippen LogP contribution in [0.25, 0.3) is 22.6 Å². The molecule has 3 aliphatic carbocycles. The minimum atomic E-state index is -4.27. The maximum absolute atomic E-state index is 14.1. The molecular weight excluding hydrogens is 621 g/mol. The Bertz CT molecular complexity index is 1750. The third-order valence-corrected chi connectivity index (χ3v) is 10.7. The molecule has 1 aromatic heterocycles. The minimum Gasteiger partial charge on any atom is -0.487 e. The predicted molar refractivity (Wildman–Crippen MR) is 181 cm³/mol. The first-order chi connectivity index (χ1) is 22.4. The molecule has 0 spiro atoms. The maximum atomic E-state index is 14.1. The fraction of sp³-hybridized carbons (Fsp3) is 0.417. The summed E-state index contributed by atoms with van der Waals surface area (Å²) >= 11 is 0. The van der Waals surface area contributed by atoms with Crippen LogP contribution in [0, 0.1) is 17.3 Å². The summed E-state index contributed by atoms with van der Waals surface area (Å²) in [5.74, 6) is -0.339. The highest BCUT2D eigenvalue weighted by Gasteiger charge is 2.58. The number of carbonyl (C=O) groups excluding carboxylic acids is 1. The van der Waals surface area contributed by atoms with Crippen LogP contribution in [0.3, 0.4) is 0 Å². The van der Waals surface area contributed by atoms with Gasteiger partial charge in [0.1, 0.15) is 19.4 Å². The lowest BCUT2D eigenvalue weighted by Gasteiger charge is -2.41. The fourth-order valence-electron chi connectivity index (χ4n) is 7.83. The number of nitrogens with zero attached hydrogens (tertiary/aromatic N) is 3. The van der Waals surface area contributed by atoms with Gasteiger partial charge in [-0.25, -0.2) is 0 Å². The SMILES string of the molecule is Bc1ccc(-c2nc(C34CCC(CN(C(=O)C5CC(C(F)(F)F)C5)c5cccc(-c6ccc(OC(C)P)cc6)c5)(CC3)C4)no2)cc1. The number of carbonyl (C=O) groups is 1. The van der Waals surface area contributed by atoms with Crippen molar-refractivity contribution in [3.05, 3.63) is 78.6 Å². The molecule has 0 radical (unpaired) electrons. The molecule has 6 nitrogen and oxygen atoms in total. The number of amides is 1. The standard InChI is InChI=1S/C36H38BF3N3O3P/c1-22(47)45-30-11-7-23(8-12-30)25-3-2-4-29(19-25)43(32(44)26-17-27(18-26)36(38,39)40)21-34-13-15-35(20-34,16-14-34)33-41-31(46-42-33)24-5-9-28(37)10-6-24/h2-12,19,22,26-27H,13-18,20-21,37,47H2,1H3. The van der Waals surface area contributed by atoms with Crippen LogP contribution >= 0.6 is 9.24 Å². The number of hydrogen-bond acceptors (Lipinski definition) is 5. The Morgan fingerprint density at radius 2 is 1.70 bits per heavy atom. The van der Waals surface area contributed by atoms with Gasteiger partial charge in [-0.3, -0.25) is 4.79 Å². The van der Waals surface area contributed by atoms with E-state index in [4.69, 9.17) is 14.2 Å². The van der Waals surface area contributed by atoms with E-state index in [1.165, 1.54) is 0 Å². The van der Waals surface area contributed by atoms with E-state index in [2.05, 4.69) is 14.4 Å². The van der Waals surface area contributed by atoms with Crippen molar-refractivity contribution >= 4 is 34.1 Å². The van der Waals surface area contributed by atoms with E-state index >= 15 is 0 Å². The zero-order valence-electron chi connectivity index (χ0n) is 26.6. The van der Waals surface area contributed by atoms with Crippen LogP contribution in [0.4, 0.5) is 18.9 Å². The summed E-state index contributed by atoms with van der Waals surface area (Å²) in [6, 6.07) is 23.5. The topological polar surface area (TPSA) is 68.5 Å². The third-order valence-electron chi connectivity index (χ3n) is 10.6. The van der Waals surface area contributed by atoms with Gasteiger partial charge < -0.3 is 14.2 Å². The molecule has 244 valence electrons. The van der Waals surface area contributed by atoms with Gasteiger partial charge in [0.05, 0.1) is 5.92 Å². The molecule has 1 heterocycles. The van der Waals surface area contributed by atoms with Crippen molar-refractivity contribution in [1.29, 1.82) is 0 Å². The van der Waals surface area contributed by atoms with Crippen LogP contribution < -0.4 is 15.1 Å². The average molecular weight is 659 g/mol. The van der Waals surface area contributed by atoms with E-state index < -0.39 is 18.0 Å². The highest BCUT2D eigenvalue weighted by molar-refractivity contribution is 7.17. The van der Waals surface area contributed by atoms with E-state index in [0.717, 1.165) is 60.0 Å². The van der Waals surface area contributed by atoms with E-state index in [1.807, 2.05) is 87.6 Å². The van der Waals surface area contributed by atoms with E-state index in [1.54, 1.807) is 4.90 Å². The van der Waals surface area contributed by atoms with Crippen LogP contribution in [-0.2, 0) is 10.2 Å². The number of alkyl halides is 3. The summed E-state index contributed by atoms with van der Waals surface area (Å²) < 4.78 is 51.8. The van der Waals surface area contributed by atoms with E-state index in [9.17, 15) is 18.0 Å². The Labute approximate surface area is 276 Å². The molecule has 0 aliphatic heterocycles. The molecule has 2 bridgehead atoms. The number of hydrogen-bond donors (Lipinski definition) is 0. The first-order valence-electron chi connectivity index (χ1n) is 16.3. The first-order valence-corrected chi connectivity index (χ1v) is 17.0. The summed E-state index contributed by atoms with van der Waals surface area (Å²) in [5, 5.41) is 4.44. The van der Waals surface area contributed by atoms with Crippen LogP contribution in [-0.4, -0.2) is 42.5 Å². The fourth-order valence-corrected chi connectivity index (χ4v) is 7.99. The van der Waals surface area contributed by atoms with Crippen LogP contribution in [0.5, 0.6) is 5.75 Å². The summed E-state index contributed by atoms with van der Waals surface area (Å²) in [6.45, 7) is 2.39. The Morgan fingerprint density at radius 1 is 1.02 bits per heavy atom. The molecule has 0 saturated heterocycles. The monoisotopic (exact) mass is 659 g/mol. The molecule has 11 heteroatoms. The van der Waals surface area contributed by atoms with Gasteiger partial charge in [-0.05, 0) is 92.7 Å². The maximum Gasteiger partial charge on any atom is 0.391 e. The Balaban J connectivity index is 1.15. The van der Waals surface area contributed by atoms with Crippen molar-refractivity contribution in [2.24, 2.45) is 17.3 Å². The predicted octanol–water partition coefficient (Wildman–Crippen LogP) is 7.09. The quantitative estimate of drug-likeness (QED) is 0.142. The molecule has 0 N–H and O–H groups in total. The number of aromatic nitrogens is 2. The van der Waals surface area contributed by atoms with Gasteiger partial charge in [-0.15, -0.1) is 0 Å². The van der Waals surface area contributed by atoms with E-state index in [0.29, 0.717) is 23.9 Å². The number of rotatable bonds is 9. The van der Waals surface area contributed by atoms with Crippen LogP contribution in [0.15, 0.2) is 77.3 Å². The van der Waals surface area contributed by atoms with Gasteiger partial charge in [-0.1, -0.05) is 68.4 Å². The molecule has 47 heavy (non-hydrogen) atoms. The second-order valence-corrected chi connectivity index (χ2v) is 14.9. The molecule has 4 aromatic rings. The average Bonchev–Trinajstić information content (AvgIpc) is 3.74. The van der Waals surface area contributed by atoms with Crippen molar-refractivity contribution in [2.75, 3.05) is 11.4 Å². The van der Waals surface area contributed by atoms with E-state index in [-0.39, 0.29) is 35.4 Å². The molecule has 2 atom stereocenters. The lowest BCUT2D eigenvalue weighted by Crippen LogP contribution is -2.48. The summed E-state index contributed by atoms with van der Waals surface area (Å²) in [7, 11) is 4.64. The van der Waals surface area contributed by atoms with Crippen molar-refractivity contribution < 1.29 is 27.2 Å². The summed E-state index contributed by atoms with van der Waals surface area (Å²) in [4.78, 5) is 20.7. The number of anilines is 1. The van der Waals surface area contributed by atoms with Gasteiger partial charge >= 0.3 is 6.18 Å². The normalized spacial score (nSPS) is 25.7. The number of fused-ring (bicyclic) bond motifs is 2. The van der Waals surface area contributed by atoms with Crippen LogP contribution in [0.2, 0.25) is 0 Å². The smallest absolute Gasteiger partial charge is 0.391 e. The minimum absolute atomic E-state index is 0.0215. The van der Waals surface area contributed by atoms with Crippen molar-refractivity contribution in [2.45, 2.75) is 69.3 Å². The van der Waals surface area contributed by atoms with Crippen molar-refractivity contribution in [1.82, 2.24) is 10.1 Å². The Kier molecular flexibility index (Phi) is 8.22. The lowest BCUT2D eigenvalue weighted by molar-refractivity contribution is -0.204. The summed E-state index contributed by atoms with van der Waals surface area (Å²) in [6.07, 6.45) is -0.252. The number of benzene rings is 3. The number of ether oxygens (including phenoxy) is 1. The molecule has 3 aliphatic rings. The summed E-state index contributed by atoms with van der Waals surface area (Å²) in [5.41, 5.74) is 4.20.